The van der Waals surface area contributed by atoms with Crippen LogP contribution in [0.1, 0.15) is 23.4 Å². The SMILES string of the molecule is NCC1CCN(C(=O)c2cc3ccccc3o2)CC1. The van der Waals surface area contributed by atoms with E-state index >= 15 is 0 Å². The van der Waals surface area contributed by atoms with Gasteiger partial charge in [0.15, 0.2) is 5.76 Å². The number of likely N-dealkylation sites (tertiary alicyclic amines) is 1. The number of rotatable bonds is 2. The molecule has 0 radical (unpaired) electrons. The Morgan fingerprint density at radius 2 is 2.05 bits per heavy atom. The number of nitrogens with two attached hydrogens (primary N) is 1. The lowest BCUT2D eigenvalue weighted by molar-refractivity contribution is 0.0663. The van der Waals surface area contributed by atoms with Gasteiger partial charge in [-0.1, -0.05) is 18.2 Å². The van der Waals surface area contributed by atoms with E-state index in [-0.39, 0.29) is 5.91 Å². The fourth-order valence-corrected chi connectivity index (χ4v) is 2.61. The Morgan fingerprint density at radius 3 is 2.74 bits per heavy atom. The van der Waals surface area contributed by atoms with Crippen LogP contribution in [-0.4, -0.2) is 30.4 Å². The minimum atomic E-state index is -0.00771. The highest BCUT2D eigenvalue weighted by molar-refractivity contribution is 5.96. The third-order valence-electron chi connectivity index (χ3n) is 3.87. The number of fused-ring (bicyclic) bond motifs is 1. The summed E-state index contributed by atoms with van der Waals surface area (Å²) in [5.74, 6) is 0.985. The summed E-state index contributed by atoms with van der Waals surface area (Å²) >= 11 is 0. The van der Waals surface area contributed by atoms with Crippen LogP contribution in [0.15, 0.2) is 34.7 Å². The fourth-order valence-electron chi connectivity index (χ4n) is 2.61. The average Bonchev–Trinajstić information content (AvgIpc) is 2.90. The summed E-state index contributed by atoms with van der Waals surface area (Å²) in [5, 5.41) is 0.975. The molecule has 0 atom stereocenters. The lowest BCUT2D eigenvalue weighted by atomic mass is 9.97. The van der Waals surface area contributed by atoms with Crippen molar-refractivity contribution in [1.29, 1.82) is 0 Å². The van der Waals surface area contributed by atoms with Crippen molar-refractivity contribution in [3.05, 3.63) is 36.1 Å². The van der Waals surface area contributed by atoms with Gasteiger partial charge in [0.25, 0.3) is 5.91 Å². The van der Waals surface area contributed by atoms with Gasteiger partial charge in [0.05, 0.1) is 0 Å². The molecule has 3 rings (SSSR count). The van der Waals surface area contributed by atoms with Gasteiger partial charge in [-0.3, -0.25) is 4.79 Å². The maximum absolute atomic E-state index is 12.4. The van der Waals surface area contributed by atoms with E-state index in [0.717, 1.165) is 36.9 Å². The maximum atomic E-state index is 12.4. The fraction of sp³-hybridized carbons (Fsp3) is 0.400. The molecular weight excluding hydrogens is 240 g/mol. The first-order chi connectivity index (χ1) is 9.28. The molecule has 0 bridgehead atoms. The van der Waals surface area contributed by atoms with Gasteiger partial charge in [-0.2, -0.15) is 0 Å². The van der Waals surface area contributed by atoms with Crippen molar-refractivity contribution >= 4 is 16.9 Å². The first-order valence-corrected chi connectivity index (χ1v) is 6.76. The summed E-state index contributed by atoms with van der Waals surface area (Å²) in [4.78, 5) is 14.2. The summed E-state index contributed by atoms with van der Waals surface area (Å²) in [7, 11) is 0. The number of carbonyl (C=O) groups excluding carboxylic acids is 1. The van der Waals surface area contributed by atoms with Crippen molar-refractivity contribution in [3.8, 4) is 0 Å². The lowest BCUT2D eigenvalue weighted by Gasteiger charge is -2.30. The van der Waals surface area contributed by atoms with Crippen LogP contribution < -0.4 is 5.73 Å². The Balaban J connectivity index is 1.77. The van der Waals surface area contributed by atoms with Crippen LogP contribution in [0.5, 0.6) is 0 Å². The highest BCUT2D eigenvalue weighted by Gasteiger charge is 2.24. The molecule has 1 aliphatic heterocycles. The van der Waals surface area contributed by atoms with Crippen molar-refractivity contribution in [2.75, 3.05) is 19.6 Å². The van der Waals surface area contributed by atoms with Gasteiger partial charge in [-0.05, 0) is 37.4 Å². The third-order valence-corrected chi connectivity index (χ3v) is 3.87. The molecule has 100 valence electrons. The predicted molar refractivity (Wildman–Crippen MR) is 73.9 cm³/mol. The van der Waals surface area contributed by atoms with E-state index < -0.39 is 0 Å². The van der Waals surface area contributed by atoms with Gasteiger partial charge in [-0.25, -0.2) is 0 Å². The first kappa shape index (κ1) is 12.2. The molecule has 1 aromatic carbocycles. The van der Waals surface area contributed by atoms with E-state index in [4.69, 9.17) is 10.2 Å². The minimum Gasteiger partial charge on any atom is -0.451 e. The molecule has 0 aliphatic carbocycles. The third kappa shape index (κ3) is 2.36. The number of nitrogens with zero attached hydrogens (tertiary/aromatic N) is 1. The molecule has 4 heteroatoms. The van der Waals surface area contributed by atoms with Gasteiger partial charge in [0.2, 0.25) is 0 Å². The zero-order valence-corrected chi connectivity index (χ0v) is 10.8. The number of para-hydroxylation sites is 1. The summed E-state index contributed by atoms with van der Waals surface area (Å²) in [5.41, 5.74) is 6.43. The average molecular weight is 258 g/mol. The second-order valence-electron chi connectivity index (χ2n) is 5.12. The largest absolute Gasteiger partial charge is 0.451 e. The van der Waals surface area contributed by atoms with Crippen molar-refractivity contribution in [2.24, 2.45) is 11.7 Å². The molecule has 1 aliphatic rings. The number of carbonyl (C=O) groups is 1. The highest BCUT2D eigenvalue weighted by atomic mass is 16.3. The summed E-state index contributed by atoms with van der Waals surface area (Å²) in [6, 6.07) is 9.52. The Labute approximate surface area is 112 Å². The number of hydrogen-bond donors (Lipinski definition) is 1. The number of furan rings is 1. The van der Waals surface area contributed by atoms with Gasteiger partial charge in [-0.15, -0.1) is 0 Å². The van der Waals surface area contributed by atoms with Crippen LogP contribution >= 0.6 is 0 Å². The molecule has 2 N–H and O–H groups in total. The van der Waals surface area contributed by atoms with Crippen LogP contribution in [0.4, 0.5) is 0 Å². The number of piperidine rings is 1. The molecule has 2 aromatic rings. The monoisotopic (exact) mass is 258 g/mol. The van der Waals surface area contributed by atoms with Crippen molar-refractivity contribution in [2.45, 2.75) is 12.8 Å². The molecule has 1 saturated heterocycles. The quantitative estimate of drug-likeness (QED) is 0.898. The van der Waals surface area contributed by atoms with Gasteiger partial charge < -0.3 is 15.1 Å². The van der Waals surface area contributed by atoms with Crippen LogP contribution in [0.3, 0.4) is 0 Å². The standard InChI is InChI=1S/C15H18N2O2/c16-10-11-5-7-17(8-6-11)15(18)14-9-12-3-1-2-4-13(12)19-14/h1-4,9,11H,5-8,10,16H2. The minimum absolute atomic E-state index is 0.00771. The smallest absolute Gasteiger partial charge is 0.289 e. The zero-order chi connectivity index (χ0) is 13.2. The normalized spacial score (nSPS) is 17.0. The van der Waals surface area contributed by atoms with E-state index in [9.17, 15) is 4.79 Å². The van der Waals surface area contributed by atoms with Gasteiger partial charge in [0, 0.05) is 18.5 Å². The van der Waals surface area contributed by atoms with Crippen molar-refractivity contribution in [3.63, 3.8) is 0 Å². The number of hydrogen-bond acceptors (Lipinski definition) is 3. The van der Waals surface area contributed by atoms with Crippen molar-refractivity contribution in [1.82, 2.24) is 4.90 Å². The Hall–Kier alpha value is -1.81. The van der Waals surface area contributed by atoms with E-state index in [1.165, 1.54) is 0 Å². The molecule has 4 nitrogen and oxygen atoms in total. The van der Waals surface area contributed by atoms with E-state index in [2.05, 4.69) is 0 Å². The summed E-state index contributed by atoms with van der Waals surface area (Å²) in [6.45, 7) is 2.27. The van der Waals surface area contributed by atoms with E-state index in [1.54, 1.807) is 0 Å². The van der Waals surface area contributed by atoms with Crippen molar-refractivity contribution < 1.29 is 9.21 Å². The molecule has 2 heterocycles. The summed E-state index contributed by atoms with van der Waals surface area (Å²) < 4.78 is 5.62. The molecular formula is C15H18N2O2. The molecule has 1 fully saturated rings. The first-order valence-electron chi connectivity index (χ1n) is 6.76. The molecule has 0 spiro atoms. The number of amides is 1. The maximum Gasteiger partial charge on any atom is 0.289 e. The van der Waals surface area contributed by atoms with E-state index in [1.807, 2.05) is 35.2 Å². The van der Waals surface area contributed by atoms with Crippen LogP contribution in [0.25, 0.3) is 11.0 Å². The van der Waals surface area contributed by atoms with E-state index in [0.29, 0.717) is 18.2 Å². The van der Waals surface area contributed by atoms with Crippen LogP contribution in [-0.2, 0) is 0 Å². The topological polar surface area (TPSA) is 59.5 Å². The second kappa shape index (κ2) is 5.05. The second-order valence-corrected chi connectivity index (χ2v) is 5.12. The number of benzene rings is 1. The van der Waals surface area contributed by atoms with Gasteiger partial charge >= 0.3 is 0 Å². The zero-order valence-electron chi connectivity index (χ0n) is 10.8. The Kier molecular flexibility index (Phi) is 3.25. The Morgan fingerprint density at radius 1 is 1.32 bits per heavy atom. The Bertz CT molecular complexity index is 550. The van der Waals surface area contributed by atoms with Gasteiger partial charge in [0.1, 0.15) is 5.58 Å². The predicted octanol–water partition coefficient (Wildman–Crippen LogP) is 2.24. The van der Waals surface area contributed by atoms with Crippen LogP contribution in [0, 0.1) is 5.92 Å². The highest BCUT2D eigenvalue weighted by Crippen LogP contribution is 2.22. The molecule has 1 amide bonds. The molecule has 0 unspecified atom stereocenters. The molecule has 0 saturated carbocycles. The lowest BCUT2D eigenvalue weighted by Crippen LogP contribution is -2.39. The summed E-state index contributed by atoms with van der Waals surface area (Å²) in [6.07, 6.45) is 1.98. The van der Waals surface area contributed by atoms with Crippen LogP contribution in [0.2, 0.25) is 0 Å². The molecule has 1 aromatic heterocycles. The molecule has 19 heavy (non-hydrogen) atoms.